The molecule has 0 bridgehead atoms. The maximum Gasteiger partial charge on any atom is 0.244 e. The van der Waals surface area contributed by atoms with E-state index in [0.717, 1.165) is 8.66 Å². The molecule has 0 unspecified atom stereocenters. The van der Waals surface area contributed by atoms with Gasteiger partial charge in [0.15, 0.2) is 0 Å². The molecule has 0 radical (unpaired) electrons. The summed E-state index contributed by atoms with van der Waals surface area (Å²) in [7, 11) is 0. The van der Waals surface area contributed by atoms with Crippen LogP contribution < -0.4 is 10.2 Å². The molecule has 5 nitrogen and oxygen atoms in total. The SMILES string of the molecule is O=C(CN1C(=O)CC(c2ccc(Br)s2)=Nc2ccccc21)Nc1ccccc1Cl. The van der Waals surface area contributed by atoms with Crippen molar-refractivity contribution in [3.05, 3.63) is 74.3 Å². The summed E-state index contributed by atoms with van der Waals surface area (Å²) in [5.74, 6) is -0.517. The lowest BCUT2D eigenvalue weighted by atomic mass is 10.2. The second kappa shape index (κ2) is 8.49. The smallest absolute Gasteiger partial charge is 0.244 e. The lowest BCUT2D eigenvalue weighted by Gasteiger charge is -2.22. The van der Waals surface area contributed by atoms with E-state index in [4.69, 9.17) is 16.6 Å². The van der Waals surface area contributed by atoms with Crippen LogP contribution in [-0.4, -0.2) is 24.1 Å². The first-order valence-corrected chi connectivity index (χ1v) is 10.8. The lowest BCUT2D eigenvalue weighted by molar-refractivity contribution is -0.120. The highest BCUT2D eigenvalue weighted by atomic mass is 79.9. The van der Waals surface area contributed by atoms with Crippen LogP contribution in [0.3, 0.4) is 0 Å². The molecule has 146 valence electrons. The van der Waals surface area contributed by atoms with Crippen molar-refractivity contribution in [1.29, 1.82) is 0 Å². The lowest BCUT2D eigenvalue weighted by Crippen LogP contribution is -2.38. The molecule has 29 heavy (non-hydrogen) atoms. The normalized spacial score (nSPS) is 13.5. The van der Waals surface area contributed by atoms with Gasteiger partial charge in [0, 0.05) is 0 Å². The van der Waals surface area contributed by atoms with Gasteiger partial charge in [-0.2, -0.15) is 0 Å². The Labute approximate surface area is 185 Å². The summed E-state index contributed by atoms with van der Waals surface area (Å²) in [4.78, 5) is 32.8. The van der Waals surface area contributed by atoms with E-state index in [-0.39, 0.29) is 24.8 Å². The molecule has 0 aliphatic carbocycles. The molecule has 0 saturated carbocycles. The van der Waals surface area contributed by atoms with Crippen molar-refractivity contribution < 1.29 is 9.59 Å². The number of rotatable bonds is 4. The molecule has 1 aliphatic heterocycles. The maximum atomic E-state index is 13.1. The van der Waals surface area contributed by atoms with E-state index in [1.165, 1.54) is 16.2 Å². The second-order valence-electron chi connectivity index (χ2n) is 6.34. The minimum Gasteiger partial charge on any atom is -0.323 e. The van der Waals surface area contributed by atoms with Gasteiger partial charge in [0.2, 0.25) is 11.8 Å². The van der Waals surface area contributed by atoms with Crippen molar-refractivity contribution in [2.45, 2.75) is 6.42 Å². The third kappa shape index (κ3) is 4.42. The zero-order chi connectivity index (χ0) is 20.4. The van der Waals surface area contributed by atoms with Gasteiger partial charge in [0.05, 0.1) is 42.9 Å². The number of para-hydroxylation sites is 3. The Morgan fingerprint density at radius 1 is 1.14 bits per heavy atom. The van der Waals surface area contributed by atoms with Gasteiger partial charge in [0.1, 0.15) is 6.54 Å². The number of hydrogen-bond donors (Lipinski definition) is 1. The third-order valence-electron chi connectivity index (χ3n) is 4.35. The summed E-state index contributed by atoms with van der Waals surface area (Å²) in [6.45, 7) is -0.127. The number of carbonyl (C=O) groups is 2. The fourth-order valence-electron chi connectivity index (χ4n) is 3.03. The topological polar surface area (TPSA) is 61.8 Å². The first-order valence-electron chi connectivity index (χ1n) is 8.78. The largest absolute Gasteiger partial charge is 0.323 e. The van der Waals surface area contributed by atoms with Crippen molar-refractivity contribution >= 4 is 73.5 Å². The number of thiophene rings is 1. The van der Waals surface area contributed by atoms with Crippen LogP contribution in [0.2, 0.25) is 5.02 Å². The maximum absolute atomic E-state index is 13.1. The van der Waals surface area contributed by atoms with E-state index in [1.54, 1.807) is 30.3 Å². The molecular weight excluding hydrogens is 474 g/mol. The number of anilines is 2. The highest BCUT2D eigenvalue weighted by molar-refractivity contribution is 9.11. The molecule has 2 aromatic carbocycles. The van der Waals surface area contributed by atoms with Gasteiger partial charge in [-0.3, -0.25) is 9.59 Å². The number of carbonyl (C=O) groups excluding carboxylic acids is 2. The monoisotopic (exact) mass is 487 g/mol. The Bertz CT molecular complexity index is 1130. The standard InChI is InChI=1S/C21H15BrClN3O2S/c22-19-10-9-18(29-19)16-11-21(28)26(17-8-4-3-7-15(17)24-16)12-20(27)25-14-6-2-1-5-13(14)23/h1-10H,11-12H2,(H,25,27). The minimum atomic E-state index is -0.330. The van der Waals surface area contributed by atoms with Crippen molar-refractivity contribution in [2.24, 2.45) is 4.99 Å². The van der Waals surface area contributed by atoms with Gasteiger partial charge < -0.3 is 10.2 Å². The van der Waals surface area contributed by atoms with Crippen LogP contribution in [0.25, 0.3) is 0 Å². The average Bonchev–Trinajstić information content (AvgIpc) is 3.08. The highest BCUT2D eigenvalue weighted by Gasteiger charge is 2.27. The summed E-state index contributed by atoms with van der Waals surface area (Å²) in [5.41, 5.74) is 2.46. The molecule has 1 aliphatic rings. The summed E-state index contributed by atoms with van der Waals surface area (Å²) in [6, 6.07) is 18.2. The Balaban J connectivity index is 1.61. The zero-order valence-corrected chi connectivity index (χ0v) is 18.2. The number of nitrogens with zero attached hydrogens (tertiary/aromatic N) is 2. The van der Waals surface area contributed by atoms with Gasteiger partial charge in [-0.1, -0.05) is 35.9 Å². The van der Waals surface area contributed by atoms with Gasteiger partial charge in [-0.25, -0.2) is 4.99 Å². The summed E-state index contributed by atoms with van der Waals surface area (Å²) >= 11 is 11.1. The molecule has 0 spiro atoms. The third-order valence-corrected chi connectivity index (χ3v) is 6.36. The van der Waals surface area contributed by atoms with E-state index in [0.29, 0.717) is 27.8 Å². The van der Waals surface area contributed by atoms with Crippen LogP contribution in [0.1, 0.15) is 11.3 Å². The Kier molecular flexibility index (Phi) is 5.80. The van der Waals surface area contributed by atoms with E-state index in [1.807, 2.05) is 30.3 Å². The molecule has 2 heterocycles. The number of aliphatic imine (C=N–C) groups is 1. The van der Waals surface area contributed by atoms with E-state index >= 15 is 0 Å². The van der Waals surface area contributed by atoms with E-state index in [2.05, 4.69) is 21.2 Å². The summed E-state index contributed by atoms with van der Waals surface area (Å²) < 4.78 is 0.969. The molecular formula is C21H15BrClN3O2S. The Morgan fingerprint density at radius 3 is 2.66 bits per heavy atom. The molecule has 8 heteroatoms. The molecule has 0 saturated heterocycles. The molecule has 4 rings (SSSR count). The van der Waals surface area contributed by atoms with Crippen molar-refractivity contribution in [2.75, 3.05) is 16.8 Å². The average molecular weight is 489 g/mol. The van der Waals surface area contributed by atoms with E-state index < -0.39 is 0 Å². The number of hydrogen-bond acceptors (Lipinski definition) is 4. The van der Waals surface area contributed by atoms with Crippen LogP contribution >= 0.6 is 38.9 Å². The summed E-state index contributed by atoms with van der Waals surface area (Å²) in [5, 5.41) is 3.21. The van der Waals surface area contributed by atoms with Gasteiger partial charge >= 0.3 is 0 Å². The molecule has 2 amide bonds. The first kappa shape index (κ1) is 19.8. The first-order chi connectivity index (χ1) is 14.0. The Hall–Kier alpha value is -2.48. The number of benzene rings is 2. The predicted molar refractivity (Wildman–Crippen MR) is 122 cm³/mol. The van der Waals surface area contributed by atoms with Gasteiger partial charge in [-0.15, -0.1) is 11.3 Å². The quantitative estimate of drug-likeness (QED) is 0.515. The summed E-state index contributed by atoms with van der Waals surface area (Å²) in [6.07, 6.45) is 0.112. The predicted octanol–water partition coefficient (Wildman–Crippen LogP) is 5.66. The van der Waals surface area contributed by atoms with Crippen LogP contribution in [0.4, 0.5) is 17.1 Å². The fraction of sp³-hybridized carbons (Fsp3) is 0.0952. The van der Waals surface area contributed by atoms with Crippen LogP contribution in [0.5, 0.6) is 0 Å². The van der Waals surface area contributed by atoms with Crippen molar-refractivity contribution in [3.8, 4) is 0 Å². The molecule has 1 aromatic heterocycles. The van der Waals surface area contributed by atoms with Crippen LogP contribution in [0.15, 0.2) is 69.4 Å². The zero-order valence-electron chi connectivity index (χ0n) is 15.1. The van der Waals surface area contributed by atoms with Gasteiger partial charge in [-0.05, 0) is 52.3 Å². The number of nitrogens with one attached hydrogen (secondary N) is 1. The van der Waals surface area contributed by atoms with Gasteiger partial charge in [0.25, 0.3) is 0 Å². The number of fused-ring (bicyclic) bond motifs is 1. The van der Waals surface area contributed by atoms with Crippen molar-refractivity contribution in [1.82, 2.24) is 0 Å². The minimum absolute atomic E-state index is 0.112. The number of amides is 2. The molecule has 0 fully saturated rings. The second-order valence-corrected chi connectivity index (χ2v) is 9.21. The fourth-order valence-corrected chi connectivity index (χ4v) is 4.58. The highest BCUT2D eigenvalue weighted by Crippen LogP contribution is 2.34. The Morgan fingerprint density at radius 2 is 1.90 bits per heavy atom. The number of halogens is 2. The molecule has 0 atom stereocenters. The van der Waals surface area contributed by atoms with Crippen LogP contribution in [-0.2, 0) is 9.59 Å². The molecule has 3 aromatic rings. The van der Waals surface area contributed by atoms with E-state index in [9.17, 15) is 9.59 Å². The molecule has 1 N–H and O–H groups in total. The van der Waals surface area contributed by atoms with Crippen LogP contribution in [0, 0.1) is 0 Å². The van der Waals surface area contributed by atoms with Crippen molar-refractivity contribution in [3.63, 3.8) is 0 Å².